The molecule has 0 aromatic carbocycles. The van der Waals surface area contributed by atoms with E-state index < -0.39 is 52.7 Å². The second-order valence-corrected chi connectivity index (χ2v) is 9.51. The average molecular weight is 420 g/mol. The van der Waals surface area contributed by atoms with Gasteiger partial charge in [-0.1, -0.05) is 13.5 Å². The normalized spacial score (nSPS) is 43.3. The average Bonchev–Trinajstić information content (AvgIpc) is 2.86. The molecule has 1 spiro atoms. The van der Waals surface area contributed by atoms with Gasteiger partial charge in [0.25, 0.3) is 0 Å². The van der Waals surface area contributed by atoms with Crippen molar-refractivity contribution in [1.29, 1.82) is 0 Å². The summed E-state index contributed by atoms with van der Waals surface area (Å²) in [5.74, 6) is -2.33. The summed E-state index contributed by atoms with van der Waals surface area (Å²) in [5.41, 5.74) is -1.93. The van der Waals surface area contributed by atoms with Crippen LogP contribution < -0.4 is 0 Å². The maximum Gasteiger partial charge on any atom is 0.337 e. The number of methoxy groups -OCH3 is 1. The van der Waals surface area contributed by atoms with Crippen LogP contribution in [0.5, 0.6) is 0 Å². The minimum absolute atomic E-state index is 0.00638. The number of hydrogen-bond donors (Lipinski definition) is 1. The summed E-state index contributed by atoms with van der Waals surface area (Å²) in [6, 6.07) is 0. The molecule has 4 aliphatic carbocycles. The summed E-state index contributed by atoms with van der Waals surface area (Å²) in [6.07, 6.45) is -0.721. The summed E-state index contributed by atoms with van der Waals surface area (Å²) < 4.78 is 22.5. The molecule has 1 N–H and O–H groups in total. The molecule has 7 atom stereocenters. The number of carbonyl (C=O) groups excluding carboxylic acids is 3. The third-order valence-corrected chi connectivity index (χ3v) is 7.27. The zero-order valence-corrected chi connectivity index (χ0v) is 17.9. The summed E-state index contributed by atoms with van der Waals surface area (Å²) in [4.78, 5) is 37.0. The van der Waals surface area contributed by atoms with Gasteiger partial charge in [0.2, 0.25) is 0 Å². The highest BCUT2D eigenvalue weighted by molar-refractivity contribution is 5.95. The first-order valence-electron chi connectivity index (χ1n) is 10.1. The molecule has 4 bridgehead atoms. The first-order chi connectivity index (χ1) is 13.9. The topological polar surface area (TPSA) is 108 Å². The predicted octanol–water partition coefficient (Wildman–Crippen LogP) is 1.46. The van der Waals surface area contributed by atoms with Crippen molar-refractivity contribution in [2.45, 2.75) is 63.9 Å². The van der Waals surface area contributed by atoms with Crippen LogP contribution in [0.25, 0.3) is 0 Å². The van der Waals surface area contributed by atoms with E-state index in [9.17, 15) is 19.5 Å². The van der Waals surface area contributed by atoms with E-state index in [0.29, 0.717) is 17.6 Å². The Morgan fingerprint density at radius 1 is 1.23 bits per heavy atom. The molecule has 4 saturated carbocycles. The molecule has 1 heterocycles. The molecule has 0 saturated heterocycles. The minimum atomic E-state index is -1.25. The molecule has 0 aromatic heterocycles. The fourth-order valence-electron chi connectivity index (χ4n) is 6.95. The predicted molar refractivity (Wildman–Crippen MR) is 103 cm³/mol. The lowest BCUT2D eigenvalue weighted by atomic mass is 9.30. The lowest BCUT2D eigenvalue weighted by Gasteiger charge is -2.77. The van der Waals surface area contributed by atoms with Gasteiger partial charge in [-0.2, -0.15) is 0 Å². The van der Waals surface area contributed by atoms with E-state index >= 15 is 0 Å². The molecule has 4 fully saturated rings. The van der Waals surface area contributed by atoms with Crippen LogP contribution in [0.4, 0.5) is 0 Å². The standard InChI is InChI=1S/C22H28O8/c1-10(2)17(24)29-13-7-20(4)16-14(28-11(3)23)8-21(5,26)19(20)22(16)15(13)12(9-27-6)18(25)30-22/h13-14,16,19,26H,1,7-9H2,2-6H3/t13-,14+,16+,19+,20+,21+,22+/m0/s1. The van der Waals surface area contributed by atoms with Crippen LogP contribution in [0.1, 0.15) is 40.5 Å². The van der Waals surface area contributed by atoms with Gasteiger partial charge in [0.1, 0.15) is 12.2 Å². The smallest absolute Gasteiger partial charge is 0.337 e. The van der Waals surface area contributed by atoms with Crippen LogP contribution in [-0.4, -0.2) is 60.1 Å². The molecule has 0 unspecified atom stereocenters. The third-order valence-electron chi connectivity index (χ3n) is 7.27. The van der Waals surface area contributed by atoms with Crippen LogP contribution in [0, 0.1) is 17.3 Å². The van der Waals surface area contributed by atoms with Gasteiger partial charge in [0.15, 0.2) is 5.60 Å². The number of hydrogen-bond acceptors (Lipinski definition) is 8. The SMILES string of the molecule is C=C(C)C(=O)O[C@H]1C[C@]2(C)[C@H]3[C@H](OC(C)=O)C[C@@](C)(O)[C@@H]2[C@]32OC(=O)C(COC)=C12. The van der Waals surface area contributed by atoms with Gasteiger partial charge in [-0.25, -0.2) is 9.59 Å². The number of esters is 3. The molecule has 5 rings (SSSR count). The Hall–Kier alpha value is -2.19. The maximum atomic E-state index is 12.9. The number of fused-ring (bicyclic) bond motifs is 1. The van der Waals surface area contributed by atoms with Crippen molar-refractivity contribution < 1.29 is 38.4 Å². The summed E-state index contributed by atoms with van der Waals surface area (Å²) >= 11 is 0. The zero-order chi connectivity index (χ0) is 22.2. The first kappa shape index (κ1) is 21.1. The Bertz CT molecular complexity index is 886. The van der Waals surface area contributed by atoms with Gasteiger partial charge in [-0.3, -0.25) is 4.79 Å². The van der Waals surface area contributed by atoms with E-state index in [4.69, 9.17) is 18.9 Å². The van der Waals surface area contributed by atoms with Crippen molar-refractivity contribution in [2.24, 2.45) is 17.3 Å². The van der Waals surface area contributed by atoms with Gasteiger partial charge in [-0.05, 0) is 25.7 Å². The Balaban J connectivity index is 1.87. The van der Waals surface area contributed by atoms with E-state index in [1.807, 2.05) is 6.92 Å². The molecule has 0 amide bonds. The van der Waals surface area contributed by atoms with Crippen molar-refractivity contribution >= 4 is 17.9 Å². The highest BCUT2D eigenvalue weighted by atomic mass is 16.6. The van der Waals surface area contributed by atoms with Gasteiger partial charge in [0, 0.05) is 43.4 Å². The number of rotatable bonds is 5. The molecule has 1 aliphatic heterocycles. The number of ether oxygens (including phenoxy) is 4. The fourth-order valence-corrected chi connectivity index (χ4v) is 6.95. The molecule has 8 nitrogen and oxygen atoms in total. The number of carbonyl (C=O) groups is 3. The maximum absolute atomic E-state index is 12.9. The summed E-state index contributed by atoms with van der Waals surface area (Å²) in [5, 5.41) is 11.4. The van der Waals surface area contributed by atoms with E-state index in [2.05, 4.69) is 6.58 Å². The third kappa shape index (κ3) is 2.49. The van der Waals surface area contributed by atoms with Crippen molar-refractivity contribution in [3.05, 3.63) is 23.3 Å². The lowest BCUT2D eigenvalue weighted by Crippen LogP contribution is -2.85. The fraction of sp³-hybridized carbons (Fsp3) is 0.682. The van der Waals surface area contributed by atoms with E-state index in [1.54, 1.807) is 13.8 Å². The van der Waals surface area contributed by atoms with Crippen molar-refractivity contribution in [2.75, 3.05) is 13.7 Å². The summed E-state index contributed by atoms with van der Waals surface area (Å²) in [7, 11) is 1.47. The van der Waals surface area contributed by atoms with Crippen LogP contribution in [0.3, 0.4) is 0 Å². The summed E-state index contributed by atoms with van der Waals surface area (Å²) in [6.45, 7) is 10.2. The first-order valence-corrected chi connectivity index (χ1v) is 10.1. The van der Waals surface area contributed by atoms with Gasteiger partial charge in [-0.15, -0.1) is 0 Å². The zero-order valence-electron chi connectivity index (χ0n) is 17.9. The molecule has 0 aromatic rings. The molecule has 164 valence electrons. The van der Waals surface area contributed by atoms with Crippen molar-refractivity contribution in [3.63, 3.8) is 0 Å². The van der Waals surface area contributed by atoms with E-state index in [1.165, 1.54) is 14.0 Å². The van der Waals surface area contributed by atoms with E-state index in [-0.39, 0.29) is 24.5 Å². The molecule has 0 radical (unpaired) electrons. The monoisotopic (exact) mass is 420 g/mol. The highest BCUT2D eigenvalue weighted by Gasteiger charge is 2.87. The molecular weight excluding hydrogens is 392 g/mol. The Morgan fingerprint density at radius 3 is 2.47 bits per heavy atom. The minimum Gasteiger partial charge on any atom is -0.462 e. The Labute approximate surface area is 175 Å². The van der Waals surface area contributed by atoms with Gasteiger partial charge >= 0.3 is 17.9 Å². The van der Waals surface area contributed by atoms with Gasteiger partial charge in [0.05, 0.1) is 17.8 Å². The van der Waals surface area contributed by atoms with Crippen molar-refractivity contribution in [3.8, 4) is 0 Å². The van der Waals surface area contributed by atoms with Crippen LogP contribution in [0.2, 0.25) is 0 Å². The van der Waals surface area contributed by atoms with Crippen LogP contribution in [0.15, 0.2) is 23.3 Å². The van der Waals surface area contributed by atoms with Crippen LogP contribution >= 0.6 is 0 Å². The Morgan fingerprint density at radius 2 is 1.90 bits per heavy atom. The largest absolute Gasteiger partial charge is 0.462 e. The lowest BCUT2D eigenvalue weighted by molar-refractivity contribution is -0.362. The highest BCUT2D eigenvalue weighted by Crippen LogP contribution is 2.78. The quantitative estimate of drug-likeness (QED) is 0.405. The second kappa shape index (κ2) is 6.40. The van der Waals surface area contributed by atoms with E-state index in [0.717, 1.165) is 0 Å². The van der Waals surface area contributed by atoms with Crippen LogP contribution in [-0.2, 0) is 33.3 Å². The molecular formula is C22H28O8. The van der Waals surface area contributed by atoms with Crippen molar-refractivity contribution in [1.82, 2.24) is 0 Å². The molecule has 8 heteroatoms. The second-order valence-electron chi connectivity index (χ2n) is 9.51. The number of aliphatic hydroxyl groups is 1. The van der Waals surface area contributed by atoms with Gasteiger partial charge < -0.3 is 24.1 Å². The molecule has 30 heavy (non-hydrogen) atoms. The Kier molecular flexibility index (Phi) is 4.50. The molecule has 5 aliphatic rings.